The number of nitrogens with one attached hydrogen (secondary N) is 1. The molecule has 0 spiro atoms. The van der Waals surface area contributed by atoms with Gasteiger partial charge in [0.1, 0.15) is 0 Å². The quantitative estimate of drug-likeness (QED) is 0.565. The lowest BCUT2D eigenvalue weighted by molar-refractivity contribution is 0.470. The van der Waals surface area contributed by atoms with E-state index >= 15 is 0 Å². The van der Waals surface area contributed by atoms with Crippen molar-refractivity contribution in [2.75, 3.05) is 14.1 Å². The lowest BCUT2D eigenvalue weighted by atomic mass is 10.3. The van der Waals surface area contributed by atoms with Crippen LogP contribution in [0, 0.1) is 6.92 Å². The second-order valence-corrected chi connectivity index (χ2v) is 6.81. The number of para-hydroxylation sites is 1. The van der Waals surface area contributed by atoms with Gasteiger partial charge in [-0.25, -0.2) is 9.67 Å². The highest BCUT2D eigenvalue weighted by Crippen LogP contribution is 2.10. The summed E-state index contributed by atoms with van der Waals surface area (Å²) in [6.45, 7) is 3.42. The first-order chi connectivity index (χ1) is 12.2. The van der Waals surface area contributed by atoms with Gasteiger partial charge in [-0.3, -0.25) is 4.99 Å². The Morgan fingerprint density at radius 1 is 1.32 bits per heavy atom. The summed E-state index contributed by atoms with van der Waals surface area (Å²) in [6.07, 6.45) is 3.90. The number of aliphatic imine (C=N–C) groups is 1. The zero-order valence-corrected chi connectivity index (χ0v) is 15.5. The van der Waals surface area contributed by atoms with Crippen LogP contribution < -0.4 is 5.32 Å². The summed E-state index contributed by atoms with van der Waals surface area (Å²) in [7, 11) is 3.80. The van der Waals surface area contributed by atoms with Gasteiger partial charge in [0.25, 0.3) is 0 Å². The fourth-order valence-electron chi connectivity index (χ4n) is 2.54. The van der Waals surface area contributed by atoms with Crippen LogP contribution in [-0.2, 0) is 13.1 Å². The van der Waals surface area contributed by atoms with Gasteiger partial charge in [0, 0.05) is 37.8 Å². The molecule has 130 valence electrons. The number of benzene rings is 1. The van der Waals surface area contributed by atoms with Gasteiger partial charge in [-0.15, -0.1) is 11.3 Å². The fourth-order valence-corrected chi connectivity index (χ4v) is 3.14. The van der Waals surface area contributed by atoms with Gasteiger partial charge in [-0.05, 0) is 19.1 Å². The lowest BCUT2D eigenvalue weighted by Gasteiger charge is -2.20. The van der Waals surface area contributed by atoms with E-state index in [1.54, 1.807) is 18.4 Å². The Labute approximate surface area is 151 Å². The van der Waals surface area contributed by atoms with E-state index in [1.165, 1.54) is 0 Å². The highest BCUT2D eigenvalue weighted by molar-refractivity contribution is 7.09. The van der Waals surface area contributed by atoms with Crippen LogP contribution in [0.5, 0.6) is 0 Å². The topological polar surface area (TPSA) is 58.3 Å². The minimum absolute atomic E-state index is 0.667. The third kappa shape index (κ3) is 4.45. The summed E-state index contributed by atoms with van der Waals surface area (Å²) >= 11 is 1.67. The number of aromatic nitrogens is 3. The number of rotatable bonds is 5. The summed E-state index contributed by atoms with van der Waals surface area (Å²) in [5, 5.41) is 11.0. The van der Waals surface area contributed by atoms with Gasteiger partial charge in [-0.1, -0.05) is 18.2 Å². The molecule has 0 radical (unpaired) electrons. The highest BCUT2D eigenvalue weighted by Gasteiger charge is 2.09. The molecule has 0 saturated heterocycles. The molecule has 3 rings (SSSR count). The van der Waals surface area contributed by atoms with Gasteiger partial charge < -0.3 is 10.2 Å². The number of nitrogens with zero attached hydrogens (tertiary/aromatic N) is 5. The van der Waals surface area contributed by atoms with Crippen LogP contribution in [0.3, 0.4) is 0 Å². The summed E-state index contributed by atoms with van der Waals surface area (Å²) in [5.41, 5.74) is 3.21. The van der Waals surface area contributed by atoms with E-state index in [2.05, 4.69) is 30.7 Å². The van der Waals surface area contributed by atoms with E-state index in [4.69, 9.17) is 0 Å². The van der Waals surface area contributed by atoms with E-state index in [0.717, 1.165) is 34.5 Å². The van der Waals surface area contributed by atoms with E-state index in [0.29, 0.717) is 6.54 Å². The molecule has 0 aliphatic rings. The molecule has 0 atom stereocenters. The maximum absolute atomic E-state index is 4.50. The monoisotopic (exact) mass is 354 g/mol. The van der Waals surface area contributed by atoms with Crippen molar-refractivity contribution in [3.63, 3.8) is 0 Å². The molecule has 0 amide bonds. The first-order valence-electron chi connectivity index (χ1n) is 8.07. The Bertz CT molecular complexity index is 836. The van der Waals surface area contributed by atoms with E-state index in [1.807, 2.05) is 61.4 Å². The van der Waals surface area contributed by atoms with Crippen molar-refractivity contribution >= 4 is 17.3 Å². The molecule has 3 aromatic rings. The maximum Gasteiger partial charge on any atom is 0.194 e. The fraction of sp³-hybridized carbons (Fsp3) is 0.278. The molecule has 2 aromatic heterocycles. The second-order valence-electron chi connectivity index (χ2n) is 5.74. The third-order valence-corrected chi connectivity index (χ3v) is 4.57. The minimum Gasteiger partial charge on any atom is -0.352 e. The predicted octanol–water partition coefficient (Wildman–Crippen LogP) is 2.84. The molecule has 0 bridgehead atoms. The van der Waals surface area contributed by atoms with Crippen LogP contribution in [0.15, 0.2) is 53.1 Å². The molecule has 1 aromatic carbocycles. The molecule has 1 N–H and O–H groups in total. The summed E-state index contributed by atoms with van der Waals surface area (Å²) in [5.74, 6) is 0.832. The molecule has 0 saturated carbocycles. The van der Waals surface area contributed by atoms with Crippen molar-refractivity contribution in [2.45, 2.75) is 20.0 Å². The number of hydrogen-bond acceptors (Lipinski definition) is 4. The molecule has 6 nitrogen and oxygen atoms in total. The standard InChI is InChI=1S/C18H22N6S/c1-14-22-16(13-25-14)12-23(3)18(19-2)20-9-15-10-21-24(11-15)17-7-5-4-6-8-17/h4-8,10-11,13H,9,12H2,1-3H3,(H,19,20). The highest BCUT2D eigenvalue weighted by atomic mass is 32.1. The first-order valence-corrected chi connectivity index (χ1v) is 8.95. The van der Waals surface area contributed by atoms with Gasteiger partial charge >= 0.3 is 0 Å². The number of aryl methyl sites for hydroxylation is 1. The Hall–Kier alpha value is -2.67. The molecule has 0 unspecified atom stereocenters. The number of hydrogen-bond donors (Lipinski definition) is 1. The molecule has 25 heavy (non-hydrogen) atoms. The van der Waals surface area contributed by atoms with E-state index < -0.39 is 0 Å². The van der Waals surface area contributed by atoms with Gasteiger partial charge in [0.2, 0.25) is 0 Å². The van der Waals surface area contributed by atoms with E-state index in [-0.39, 0.29) is 0 Å². The SMILES string of the molecule is CN=C(NCc1cnn(-c2ccccc2)c1)N(C)Cc1csc(C)n1. The van der Waals surface area contributed by atoms with Crippen molar-refractivity contribution < 1.29 is 0 Å². The average Bonchev–Trinajstić information content (AvgIpc) is 3.25. The average molecular weight is 354 g/mol. The zero-order valence-electron chi connectivity index (χ0n) is 14.7. The van der Waals surface area contributed by atoms with Crippen molar-refractivity contribution in [2.24, 2.45) is 4.99 Å². The van der Waals surface area contributed by atoms with Crippen molar-refractivity contribution in [1.29, 1.82) is 0 Å². The Kier molecular flexibility index (Phi) is 5.45. The molecular formula is C18H22N6S. The largest absolute Gasteiger partial charge is 0.352 e. The van der Waals surface area contributed by atoms with Gasteiger partial charge in [0.05, 0.1) is 29.1 Å². The molecule has 0 aliphatic carbocycles. The smallest absolute Gasteiger partial charge is 0.194 e. The molecule has 0 fully saturated rings. The summed E-state index contributed by atoms with van der Waals surface area (Å²) in [6, 6.07) is 10.1. The first kappa shape index (κ1) is 17.2. The summed E-state index contributed by atoms with van der Waals surface area (Å²) < 4.78 is 1.88. The lowest BCUT2D eigenvalue weighted by Crippen LogP contribution is -2.38. The third-order valence-electron chi connectivity index (χ3n) is 3.75. The van der Waals surface area contributed by atoms with Crippen molar-refractivity contribution in [1.82, 2.24) is 25.0 Å². The Balaban J connectivity index is 1.59. The van der Waals surface area contributed by atoms with E-state index in [9.17, 15) is 0 Å². The van der Waals surface area contributed by atoms with Crippen LogP contribution in [0.4, 0.5) is 0 Å². The van der Waals surface area contributed by atoms with Crippen LogP contribution >= 0.6 is 11.3 Å². The molecular weight excluding hydrogens is 332 g/mol. The van der Waals surface area contributed by atoms with Crippen LogP contribution in [-0.4, -0.2) is 39.7 Å². The van der Waals surface area contributed by atoms with Crippen LogP contribution in [0.2, 0.25) is 0 Å². The summed E-state index contributed by atoms with van der Waals surface area (Å²) in [4.78, 5) is 10.9. The van der Waals surface area contributed by atoms with Crippen molar-refractivity contribution in [3.05, 3.63) is 64.4 Å². The van der Waals surface area contributed by atoms with Gasteiger partial charge in [-0.2, -0.15) is 5.10 Å². The predicted molar refractivity (Wildman–Crippen MR) is 102 cm³/mol. The van der Waals surface area contributed by atoms with Crippen molar-refractivity contribution in [3.8, 4) is 5.69 Å². The number of guanidine groups is 1. The Morgan fingerprint density at radius 3 is 2.80 bits per heavy atom. The molecule has 0 aliphatic heterocycles. The minimum atomic E-state index is 0.667. The normalized spacial score (nSPS) is 11.6. The second kappa shape index (κ2) is 7.94. The van der Waals surface area contributed by atoms with Crippen LogP contribution in [0.1, 0.15) is 16.3 Å². The molecule has 7 heteroatoms. The maximum atomic E-state index is 4.50. The van der Waals surface area contributed by atoms with Gasteiger partial charge in [0.15, 0.2) is 5.96 Å². The zero-order chi connectivity index (χ0) is 17.6. The van der Waals surface area contributed by atoms with Crippen LogP contribution in [0.25, 0.3) is 5.69 Å². The Morgan fingerprint density at radius 2 is 2.12 bits per heavy atom. The number of thiazole rings is 1. The molecule has 2 heterocycles.